The van der Waals surface area contributed by atoms with Gasteiger partial charge < -0.3 is 5.11 Å². The molecule has 4 heteroatoms. The molecule has 0 fully saturated rings. The first kappa shape index (κ1) is 9.36. The van der Waals surface area contributed by atoms with Gasteiger partial charge in [-0.2, -0.15) is 0 Å². The Hall–Kier alpha value is -0.640. The van der Waals surface area contributed by atoms with Crippen molar-refractivity contribution in [3.63, 3.8) is 0 Å². The molecule has 0 saturated carbocycles. The molecule has 0 unspecified atom stereocenters. The molecule has 0 aromatic heterocycles. The van der Waals surface area contributed by atoms with Gasteiger partial charge in [0.25, 0.3) is 0 Å². The van der Waals surface area contributed by atoms with E-state index >= 15 is 0 Å². The average Bonchev–Trinajstić information content (AvgIpc) is 1.88. The minimum Gasteiger partial charge on any atom is -0.464 e. The molecule has 0 aromatic rings. The van der Waals surface area contributed by atoms with E-state index in [4.69, 9.17) is 5.11 Å². The van der Waals surface area contributed by atoms with Gasteiger partial charge in [0.1, 0.15) is 0 Å². The maximum Gasteiger partial charge on any atom is 0.417 e. The summed E-state index contributed by atoms with van der Waals surface area (Å²) in [5, 5.41) is 10.1. The summed E-state index contributed by atoms with van der Waals surface area (Å²) in [6.07, 6.45) is 1.91. The SMILES string of the molecule is CC/C=C\SN(C)C(=O)O. The molecular formula is C6H11NO2S. The van der Waals surface area contributed by atoms with Crippen molar-refractivity contribution in [2.24, 2.45) is 0 Å². The number of rotatable bonds is 3. The lowest BCUT2D eigenvalue weighted by Gasteiger charge is -2.06. The van der Waals surface area contributed by atoms with E-state index in [1.54, 1.807) is 5.41 Å². The largest absolute Gasteiger partial charge is 0.464 e. The van der Waals surface area contributed by atoms with E-state index < -0.39 is 6.09 Å². The van der Waals surface area contributed by atoms with Crippen LogP contribution in [0.2, 0.25) is 0 Å². The van der Waals surface area contributed by atoms with Crippen LogP contribution >= 0.6 is 11.9 Å². The van der Waals surface area contributed by atoms with E-state index in [1.165, 1.54) is 7.05 Å². The molecule has 0 atom stereocenters. The molecule has 1 N–H and O–H groups in total. The summed E-state index contributed by atoms with van der Waals surface area (Å²) < 4.78 is 1.14. The van der Waals surface area contributed by atoms with Crippen LogP contribution in [0, 0.1) is 0 Å². The molecule has 0 aromatic carbocycles. The number of hydrogen-bond donors (Lipinski definition) is 1. The normalized spacial score (nSPS) is 10.2. The third-order valence-electron chi connectivity index (χ3n) is 0.820. The molecule has 0 bridgehead atoms. The molecule has 0 radical (unpaired) electrons. The molecule has 0 saturated heterocycles. The van der Waals surface area contributed by atoms with E-state index in [0.717, 1.165) is 22.7 Å². The van der Waals surface area contributed by atoms with Crippen molar-refractivity contribution in [2.45, 2.75) is 13.3 Å². The third-order valence-corrected chi connectivity index (χ3v) is 1.61. The van der Waals surface area contributed by atoms with Crippen molar-refractivity contribution >= 4 is 18.0 Å². The van der Waals surface area contributed by atoms with Crippen molar-refractivity contribution in [2.75, 3.05) is 7.05 Å². The molecule has 0 aliphatic rings. The number of allylic oxidation sites excluding steroid dienone is 1. The zero-order valence-corrected chi connectivity index (χ0v) is 6.89. The smallest absolute Gasteiger partial charge is 0.417 e. The highest BCUT2D eigenvalue weighted by atomic mass is 32.2. The first-order valence-electron chi connectivity index (χ1n) is 2.97. The molecule has 1 amide bonds. The number of nitrogens with zero attached hydrogens (tertiary/aromatic N) is 1. The first-order valence-corrected chi connectivity index (χ1v) is 3.80. The highest BCUT2D eigenvalue weighted by Crippen LogP contribution is 2.07. The minimum atomic E-state index is -0.925. The van der Waals surface area contributed by atoms with Gasteiger partial charge in [0.15, 0.2) is 0 Å². The van der Waals surface area contributed by atoms with E-state index in [-0.39, 0.29) is 0 Å². The van der Waals surface area contributed by atoms with Gasteiger partial charge in [-0.25, -0.2) is 4.79 Å². The molecule has 3 nitrogen and oxygen atoms in total. The van der Waals surface area contributed by atoms with Crippen LogP contribution in [-0.2, 0) is 0 Å². The summed E-state index contributed by atoms with van der Waals surface area (Å²) in [5.41, 5.74) is 0. The van der Waals surface area contributed by atoms with E-state index in [9.17, 15) is 4.79 Å². The lowest BCUT2D eigenvalue weighted by molar-refractivity contribution is 0.181. The summed E-state index contributed by atoms with van der Waals surface area (Å²) in [6.45, 7) is 2.00. The molecule has 10 heavy (non-hydrogen) atoms. The second-order valence-corrected chi connectivity index (χ2v) is 2.70. The zero-order valence-electron chi connectivity index (χ0n) is 6.07. The topological polar surface area (TPSA) is 40.5 Å². The minimum absolute atomic E-state index is 0.925. The van der Waals surface area contributed by atoms with Gasteiger partial charge >= 0.3 is 6.09 Å². The predicted molar refractivity (Wildman–Crippen MR) is 42.8 cm³/mol. The van der Waals surface area contributed by atoms with Crippen LogP contribution < -0.4 is 0 Å². The van der Waals surface area contributed by atoms with Crippen LogP contribution in [0.5, 0.6) is 0 Å². The molecular weight excluding hydrogens is 150 g/mol. The number of amides is 1. The van der Waals surface area contributed by atoms with Gasteiger partial charge in [-0.1, -0.05) is 13.0 Å². The Kier molecular flexibility index (Phi) is 4.84. The molecule has 0 aliphatic carbocycles. The second-order valence-electron chi connectivity index (χ2n) is 1.67. The Bertz CT molecular complexity index is 136. The Morgan fingerprint density at radius 1 is 1.80 bits per heavy atom. The van der Waals surface area contributed by atoms with Crippen LogP contribution in [0.15, 0.2) is 11.5 Å². The monoisotopic (exact) mass is 161 g/mol. The standard InChI is InChI=1S/C6H11NO2S/c1-3-4-5-10-7(2)6(8)9/h4-5H,3H2,1-2H3,(H,8,9)/b5-4-. The van der Waals surface area contributed by atoms with Gasteiger partial charge in [-0.15, -0.1) is 0 Å². The Labute approximate surface area is 64.8 Å². The fourth-order valence-corrected chi connectivity index (χ4v) is 0.827. The fraction of sp³-hybridized carbons (Fsp3) is 0.500. The fourth-order valence-electron chi connectivity index (χ4n) is 0.276. The van der Waals surface area contributed by atoms with Crippen molar-refractivity contribution in [1.29, 1.82) is 0 Å². The van der Waals surface area contributed by atoms with E-state index in [1.807, 2.05) is 13.0 Å². The summed E-state index contributed by atoms with van der Waals surface area (Å²) in [6, 6.07) is 0. The number of carboxylic acid groups (broad SMARTS) is 1. The Balaban J connectivity index is 3.48. The maximum absolute atomic E-state index is 10.2. The van der Waals surface area contributed by atoms with Crippen LogP contribution in [-0.4, -0.2) is 22.6 Å². The molecule has 58 valence electrons. The number of carbonyl (C=O) groups is 1. The first-order chi connectivity index (χ1) is 4.68. The summed E-state index contributed by atoms with van der Waals surface area (Å²) >= 11 is 1.16. The zero-order chi connectivity index (χ0) is 7.98. The van der Waals surface area contributed by atoms with Gasteiger partial charge in [0, 0.05) is 7.05 Å². The third kappa shape index (κ3) is 4.26. The molecule has 0 heterocycles. The van der Waals surface area contributed by atoms with Gasteiger partial charge in [0.2, 0.25) is 0 Å². The number of hydrogen-bond acceptors (Lipinski definition) is 2. The Morgan fingerprint density at radius 2 is 2.40 bits per heavy atom. The van der Waals surface area contributed by atoms with Gasteiger partial charge in [-0.05, 0) is 23.8 Å². The predicted octanol–water partition coefficient (Wildman–Crippen LogP) is 2.17. The maximum atomic E-state index is 10.2. The van der Waals surface area contributed by atoms with Crippen LogP contribution in [0.25, 0.3) is 0 Å². The Morgan fingerprint density at radius 3 is 2.80 bits per heavy atom. The highest BCUT2D eigenvalue weighted by molar-refractivity contribution is 8.00. The summed E-state index contributed by atoms with van der Waals surface area (Å²) in [5.74, 6) is 0. The van der Waals surface area contributed by atoms with Crippen LogP contribution in [0.4, 0.5) is 4.79 Å². The van der Waals surface area contributed by atoms with Crippen molar-refractivity contribution < 1.29 is 9.90 Å². The van der Waals surface area contributed by atoms with Crippen molar-refractivity contribution in [1.82, 2.24) is 4.31 Å². The van der Waals surface area contributed by atoms with Crippen molar-refractivity contribution in [3.05, 3.63) is 11.5 Å². The summed E-state index contributed by atoms with van der Waals surface area (Å²) in [4.78, 5) is 10.2. The van der Waals surface area contributed by atoms with Crippen molar-refractivity contribution in [3.8, 4) is 0 Å². The van der Waals surface area contributed by atoms with Crippen LogP contribution in [0.1, 0.15) is 13.3 Å². The van der Waals surface area contributed by atoms with Crippen LogP contribution in [0.3, 0.4) is 0 Å². The van der Waals surface area contributed by atoms with Gasteiger partial charge in [0.05, 0.1) is 0 Å². The molecule has 0 aliphatic heterocycles. The van der Waals surface area contributed by atoms with E-state index in [0.29, 0.717) is 0 Å². The van der Waals surface area contributed by atoms with E-state index in [2.05, 4.69) is 0 Å². The summed E-state index contributed by atoms with van der Waals surface area (Å²) in [7, 11) is 1.51. The quantitative estimate of drug-likeness (QED) is 0.645. The molecule has 0 rings (SSSR count). The second kappa shape index (κ2) is 5.17. The molecule has 0 spiro atoms. The lowest BCUT2D eigenvalue weighted by atomic mass is 10.5. The lowest BCUT2D eigenvalue weighted by Crippen LogP contribution is -2.15. The highest BCUT2D eigenvalue weighted by Gasteiger charge is 2.01. The average molecular weight is 161 g/mol. The van der Waals surface area contributed by atoms with Gasteiger partial charge in [-0.3, -0.25) is 4.31 Å².